The van der Waals surface area contributed by atoms with Crippen molar-refractivity contribution < 1.29 is 9.13 Å². The molecule has 0 aliphatic carbocycles. The van der Waals surface area contributed by atoms with Gasteiger partial charge < -0.3 is 15.4 Å². The average Bonchev–Trinajstić information content (AvgIpc) is 2.47. The van der Waals surface area contributed by atoms with Crippen LogP contribution in [0.3, 0.4) is 0 Å². The van der Waals surface area contributed by atoms with Crippen LogP contribution in [0.5, 0.6) is 0 Å². The molecule has 2 N–H and O–H groups in total. The largest absolute Gasteiger partial charge is 0.382 e. The van der Waals surface area contributed by atoms with E-state index in [9.17, 15) is 4.39 Å². The highest BCUT2D eigenvalue weighted by Crippen LogP contribution is 2.02. The zero-order valence-electron chi connectivity index (χ0n) is 12.7. The highest BCUT2D eigenvalue weighted by Gasteiger charge is 1.98. The van der Waals surface area contributed by atoms with Crippen LogP contribution in [0.15, 0.2) is 29.3 Å². The van der Waals surface area contributed by atoms with Crippen molar-refractivity contribution in [1.29, 1.82) is 0 Å². The maximum absolute atomic E-state index is 12.8. The maximum Gasteiger partial charge on any atom is 0.190 e. The second-order valence-corrected chi connectivity index (χ2v) is 4.35. The van der Waals surface area contributed by atoms with Crippen LogP contribution in [0.1, 0.15) is 18.9 Å². The number of hydrogen-bond donors (Lipinski definition) is 2. The molecule has 1 aromatic carbocycles. The molecule has 0 aliphatic heterocycles. The van der Waals surface area contributed by atoms with Gasteiger partial charge in [0.1, 0.15) is 5.82 Å². The first-order chi connectivity index (χ1) is 9.76. The summed E-state index contributed by atoms with van der Waals surface area (Å²) in [4.78, 5) is 4.14. The molecule has 6 heteroatoms. The predicted molar refractivity (Wildman–Crippen MR) is 96.0 cm³/mol. The molecule has 0 radical (unpaired) electrons. The molecule has 0 bridgehead atoms. The molecule has 0 saturated carbocycles. The van der Waals surface area contributed by atoms with Gasteiger partial charge in [-0.1, -0.05) is 12.1 Å². The minimum absolute atomic E-state index is 0. The van der Waals surface area contributed by atoms with Gasteiger partial charge in [0.15, 0.2) is 5.96 Å². The van der Waals surface area contributed by atoms with Gasteiger partial charge in [-0.05, 0) is 37.5 Å². The smallest absolute Gasteiger partial charge is 0.190 e. The summed E-state index contributed by atoms with van der Waals surface area (Å²) < 4.78 is 18.0. The van der Waals surface area contributed by atoms with Crippen molar-refractivity contribution in [2.24, 2.45) is 4.99 Å². The van der Waals surface area contributed by atoms with Crippen LogP contribution in [0.2, 0.25) is 0 Å². The van der Waals surface area contributed by atoms with Gasteiger partial charge in [0.05, 0.1) is 0 Å². The standard InChI is InChI=1S/C15H24FN3O.HI/c1-3-20-12-4-10-18-15(17-2)19-11-9-13-5-7-14(16)8-6-13;/h5-8H,3-4,9-12H2,1-2H3,(H2,17,18,19);1H. The normalized spacial score (nSPS) is 10.9. The zero-order chi connectivity index (χ0) is 14.6. The fourth-order valence-corrected chi connectivity index (χ4v) is 1.72. The number of hydrogen-bond acceptors (Lipinski definition) is 2. The first-order valence-electron chi connectivity index (χ1n) is 7.03. The Bertz CT molecular complexity index is 398. The lowest BCUT2D eigenvalue weighted by atomic mass is 10.1. The summed E-state index contributed by atoms with van der Waals surface area (Å²) in [6.45, 7) is 5.09. The predicted octanol–water partition coefficient (Wildman–Crippen LogP) is 2.58. The third-order valence-electron chi connectivity index (χ3n) is 2.81. The Morgan fingerprint density at radius 1 is 1.19 bits per heavy atom. The van der Waals surface area contributed by atoms with Crippen molar-refractivity contribution in [3.8, 4) is 0 Å². The topological polar surface area (TPSA) is 45.6 Å². The summed E-state index contributed by atoms with van der Waals surface area (Å²) in [5, 5.41) is 6.45. The van der Waals surface area contributed by atoms with Crippen molar-refractivity contribution in [3.05, 3.63) is 35.6 Å². The first-order valence-corrected chi connectivity index (χ1v) is 7.03. The van der Waals surface area contributed by atoms with E-state index in [0.717, 1.165) is 50.7 Å². The van der Waals surface area contributed by atoms with Gasteiger partial charge in [-0.3, -0.25) is 4.99 Å². The van der Waals surface area contributed by atoms with Crippen LogP contribution >= 0.6 is 24.0 Å². The Hall–Kier alpha value is -0.890. The Kier molecular flexibility index (Phi) is 12.3. The van der Waals surface area contributed by atoms with E-state index in [4.69, 9.17) is 4.74 Å². The molecule has 0 aliphatic rings. The lowest BCUT2D eigenvalue weighted by Gasteiger charge is -2.11. The van der Waals surface area contributed by atoms with E-state index in [1.165, 1.54) is 12.1 Å². The quantitative estimate of drug-likeness (QED) is 0.300. The van der Waals surface area contributed by atoms with Gasteiger partial charge in [-0.2, -0.15) is 0 Å². The SMILES string of the molecule is CCOCCCNC(=NC)NCCc1ccc(F)cc1.I. The number of aliphatic imine (C=N–C) groups is 1. The minimum atomic E-state index is -0.200. The van der Waals surface area contributed by atoms with Crippen LogP contribution in [-0.4, -0.2) is 39.3 Å². The number of benzene rings is 1. The Labute approximate surface area is 143 Å². The highest BCUT2D eigenvalue weighted by molar-refractivity contribution is 14.0. The molecule has 1 aromatic rings. The molecular weight excluding hydrogens is 384 g/mol. The Morgan fingerprint density at radius 3 is 2.48 bits per heavy atom. The molecule has 0 aromatic heterocycles. The third kappa shape index (κ3) is 9.62. The van der Waals surface area contributed by atoms with Crippen LogP contribution in [0.25, 0.3) is 0 Å². The Morgan fingerprint density at radius 2 is 1.86 bits per heavy atom. The van der Waals surface area contributed by atoms with E-state index >= 15 is 0 Å². The second kappa shape index (κ2) is 12.8. The van der Waals surface area contributed by atoms with Gasteiger partial charge in [0, 0.05) is 33.4 Å². The summed E-state index contributed by atoms with van der Waals surface area (Å²) in [6, 6.07) is 6.57. The van der Waals surface area contributed by atoms with Crippen molar-refractivity contribution in [2.75, 3.05) is 33.4 Å². The van der Waals surface area contributed by atoms with Gasteiger partial charge in [-0.25, -0.2) is 4.39 Å². The molecule has 4 nitrogen and oxygen atoms in total. The second-order valence-electron chi connectivity index (χ2n) is 4.35. The van der Waals surface area contributed by atoms with E-state index in [1.54, 1.807) is 19.2 Å². The van der Waals surface area contributed by atoms with Crippen LogP contribution in [0.4, 0.5) is 4.39 Å². The summed E-state index contributed by atoms with van der Waals surface area (Å²) in [7, 11) is 1.75. The molecule has 0 heterocycles. The van der Waals surface area contributed by atoms with E-state index in [1.807, 2.05) is 6.92 Å². The number of rotatable bonds is 8. The molecule has 120 valence electrons. The summed E-state index contributed by atoms with van der Waals surface area (Å²) >= 11 is 0. The first kappa shape index (κ1) is 20.1. The number of halogens is 2. The molecule has 0 unspecified atom stereocenters. The summed E-state index contributed by atoms with van der Waals surface area (Å²) in [6.07, 6.45) is 1.78. The maximum atomic E-state index is 12.8. The van der Waals surface area contributed by atoms with E-state index < -0.39 is 0 Å². The van der Waals surface area contributed by atoms with Crippen molar-refractivity contribution in [2.45, 2.75) is 19.8 Å². The Balaban J connectivity index is 0.00000400. The van der Waals surface area contributed by atoms with Crippen molar-refractivity contribution in [1.82, 2.24) is 10.6 Å². The fourth-order valence-electron chi connectivity index (χ4n) is 1.72. The van der Waals surface area contributed by atoms with Crippen LogP contribution in [-0.2, 0) is 11.2 Å². The number of nitrogens with zero attached hydrogens (tertiary/aromatic N) is 1. The van der Waals surface area contributed by atoms with Gasteiger partial charge >= 0.3 is 0 Å². The average molecular weight is 409 g/mol. The van der Waals surface area contributed by atoms with E-state index in [0.29, 0.717) is 0 Å². The molecule has 21 heavy (non-hydrogen) atoms. The number of guanidine groups is 1. The summed E-state index contributed by atoms with van der Waals surface area (Å²) in [5.41, 5.74) is 1.10. The highest BCUT2D eigenvalue weighted by atomic mass is 127. The number of nitrogens with one attached hydrogen (secondary N) is 2. The molecule has 0 saturated heterocycles. The molecular formula is C15H25FIN3O. The molecule has 0 atom stereocenters. The van der Waals surface area contributed by atoms with E-state index in [-0.39, 0.29) is 29.8 Å². The zero-order valence-corrected chi connectivity index (χ0v) is 15.0. The number of ether oxygens (including phenoxy) is 1. The minimum Gasteiger partial charge on any atom is -0.382 e. The van der Waals surface area contributed by atoms with E-state index in [2.05, 4.69) is 15.6 Å². The van der Waals surface area contributed by atoms with Crippen LogP contribution in [0, 0.1) is 5.82 Å². The van der Waals surface area contributed by atoms with Crippen molar-refractivity contribution >= 4 is 29.9 Å². The molecule has 0 spiro atoms. The van der Waals surface area contributed by atoms with Gasteiger partial charge in [0.2, 0.25) is 0 Å². The lowest BCUT2D eigenvalue weighted by Crippen LogP contribution is -2.39. The van der Waals surface area contributed by atoms with Gasteiger partial charge in [0.25, 0.3) is 0 Å². The summed E-state index contributed by atoms with van der Waals surface area (Å²) in [5.74, 6) is 0.581. The lowest BCUT2D eigenvalue weighted by molar-refractivity contribution is 0.145. The molecule has 0 fully saturated rings. The molecule has 1 rings (SSSR count). The molecule has 0 amide bonds. The third-order valence-corrected chi connectivity index (χ3v) is 2.81. The van der Waals surface area contributed by atoms with Crippen LogP contribution < -0.4 is 10.6 Å². The monoisotopic (exact) mass is 409 g/mol. The van der Waals surface area contributed by atoms with Crippen molar-refractivity contribution in [3.63, 3.8) is 0 Å². The van der Waals surface area contributed by atoms with Gasteiger partial charge in [-0.15, -0.1) is 24.0 Å². The fraction of sp³-hybridized carbons (Fsp3) is 0.533.